The number of carbonyl (C=O) groups is 1. The van der Waals surface area contributed by atoms with Gasteiger partial charge < -0.3 is 10.5 Å². The van der Waals surface area contributed by atoms with E-state index in [0.29, 0.717) is 15.7 Å². The van der Waals surface area contributed by atoms with Crippen LogP contribution >= 0.6 is 23.2 Å². The Labute approximate surface area is 119 Å². The van der Waals surface area contributed by atoms with Crippen LogP contribution in [0.4, 0.5) is 5.69 Å². The Hall–Kier alpha value is -1.72. The molecular weight excluding hydrogens is 289 g/mol. The number of esters is 1. The van der Waals surface area contributed by atoms with Gasteiger partial charge in [-0.15, -0.1) is 0 Å². The van der Waals surface area contributed by atoms with Gasteiger partial charge in [0, 0.05) is 6.20 Å². The van der Waals surface area contributed by atoms with Crippen LogP contribution in [0.15, 0.2) is 30.6 Å². The molecular formula is C12H11Cl2N3O2. The Bertz CT molecular complexity index is 598. The number of ether oxygens (including phenoxy) is 1. The molecule has 0 radical (unpaired) electrons. The number of benzene rings is 1. The van der Waals surface area contributed by atoms with Gasteiger partial charge in [-0.3, -0.25) is 9.48 Å². The quantitative estimate of drug-likeness (QED) is 0.881. The molecule has 0 atom stereocenters. The molecule has 7 heteroatoms. The van der Waals surface area contributed by atoms with E-state index < -0.39 is 5.97 Å². The number of anilines is 1. The van der Waals surface area contributed by atoms with E-state index in [0.717, 1.165) is 5.56 Å². The number of nitrogen functional groups attached to an aromatic ring is 1. The fourth-order valence-corrected chi connectivity index (χ4v) is 1.76. The zero-order chi connectivity index (χ0) is 13.8. The second-order valence-corrected chi connectivity index (χ2v) is 4.69. The predicted octanol–water partition coefficient (Wildman–Crippen LogP) is 2.52. The lowest BCUT2D eigenvalue weighted by molar-refractivity contribution is -0.145. The van der Waals surface area contributed by atoms with Crippen molar-refractivity contribution in [1.29, 1.82) is 0 Å². The summed E-state index contributed by atoms with van der Waals surface area (Å²) in [5, 5.41) is 4.78. The molecule has 0 aliphatic carbocycles. The summed E-state index contributed by atoms with van der Waals surface area (Å²) in [5.41, 5.74) is 6.75. The van der Waals surface area contributed by atoms with Gasteiger partial charge in [-0.25, -0.2) is 0 Å². The molecule has 2 rings (SSSR count). The zero-order valence-corrected chi connectivity index (χ0v) is 11.4. The molecule has 0 bridgehead atoms. The summed E-state index contributed by atoms with van der Waals surface area (Å²) in [5.74, 6) is -0.408. The molecule has 0 unspecified atom stereocenters. The van der Waals surface area contributed by atoms with Gasteiger partial charge in [0.05, 0.1) is 21.9 Å². The van der Waals surface area contributed by atoms with E-state index in [1.165, 1.54) is 10.9 Å². The van der Waals surface area contributed by atoms with Crippen molar-refractivity contribution in [2.45, 2.75) is 13.2 Å². The summed E-state index contributed by atoms with van der Waals surface area (Å²) < 4.78 is 6.50. The van der Waals surface area contributed by atoms with Crippen molar-refractivity contribution in [3.05, 3.63) is 46.2 Å². The summed E-state index contributed by atoms with van der Waals surface area (Å²) in [6, 6.07) is 5.05. The fraction of sp³-hybridized carbons (Fsp3) is 0.167. The number of carbonyl (C=O) groups excluding carboxylic acids is 1. The minimum Gasteiger partial charge on any atom is -0.459 e. The number of hydrogen-bond acceptors (Lipinski definition) is 4. The number of hydrogen-bond donors (Lipinski definition) is 1. The Balaban J connectivity index is 1.88. The lowest BCUT2D eigenvalue weighted by Crippen LogP contribution is -2.13. The number of nitrogens with two attached hydrogens (primary N) is 1. The Morgan fingerprint density at radius 2 is 2.16 bits per heavy atom. The lowest BCUT2D eigenvalue weighted by Gasteiger charge is -2.06. The average molecular weight is 300 g/mol. The number of halogens is 2. The van der Waals surface area contributed by atoms with Crippen molar-refractivity contribution in [2.75, 3.05) is 5.73 Å². The summed E-state index contributed by atoms with van der Waals surface area (Å²) in [6.45, 7) is 0.144. The van der Waals surface area contributed by atoms with Gasteiger partial charge in [-0.05, 0) is 17.7 Å². The van der Waals surface area contributed by atoms with Crippen LogP contribution in [0.5, 0.6) is 0 Å². The van der Waals surface area contributed by atoms with E-state index in [9.17, 15) is 4.79 Å². The smallest absolute Gasteiger partial charge is 0.328 e. The molecule has 5 nitrogen and oxygen atoms in total. The highest BCUT2D eigenvalue weighted by atomic mass is 35.5. The van der Waals surface area contributed by atoms with E-state index in [2.05, 4.69) is 5.10 Å². The molecule has 19 heavy (non-hydrogen) atoms. The SMILES string of the molecule is Nc1cnn(CC(=O)OCc2ccc(Cl)c(Cl)c2)c1. The van der Waals surface area contributed by atoms with Gasteiger partial charge >= 0.3 is 5.97 Å². The van der Waals surface area contributed by atoms with Crippen molar-refractivity contribution in [3.63, 3.8) is 0 Å². The van der Waals surface area contributed by atoms with Crippen molar-refractivity contribution < 1.29 is 9.53 Å². The third-order valence-corrected chi connectivity index (χ3v) is 3.07. The van der Waals surface area contributed by atoms with Gasteiger partial charge in [0.15, 0.2) is 0 Å². The molecule has 0 saturated heterocycles. The molecule has 0 spiro atoms. The fourth-order valence-electron chi connectivity index (χ4n) is 1.44. The molecule has 2 aromatic rings. The first-order valence-corrected chi connectivity index (χ1v) is 6.17. The number of nitrogens with zero attached hydrogens (tertiary/aromatic N) is 2. The van der Waals surface area contributed by atoms with E-state index in [4.69, 9.17) is 33.7 Å². The van der Waals surface area contributed by atoms with E-state index in [1.807, 2.05) is 0 Å². The molecule has 1 aromatic heterocycles. The van der Waals surface area contributed by atoms with Crippen LogP contribution in [-0.4, -0.2) is 15.7 Å². The number of aromatic nitrogens is 2. The van der Waals surface area contributed by atoms with Crippen LogP contribution in [0, 0.1) is 0 Å². The van der Waals surface area contributed by atoms with Crippen LogP contribution < -0.4 is 5.73 Å². The van der Waals surface area contributed by atoms with E-state index in [-0.39, 0.29) is 13.2 Å². The zero-order valence-electron chi connectivity index (χ0n) is 9.85. The van der Waals surface area contributed by atoms with Gasteiger partial charge in [0.1, 0.15) is 13.2 Å². The maximum Gasteiger partial charge on any atom is 0.328 e. The molecule has 0 saturated carbocycles. The highest BCUT2D eigenvalue weighted by Gasteiger charge is 2.07. The Morgan fingerprint density at radius 1 is 1.37 bits per heavy atom. The summed E-state index contributed by atoms with van der Waals surface area (Å²) >= 11 is 11.7. The molecule has 1 aromatic carbocycles. The first-order valence-electron chi connectivity index (χ1n) is 5.42. The van der Waals surface area contributed by atoms with E-state index in [1.54, 1.807) is 24.4 Å². The highest BCUT2D eigenvalue weighted by Crippen LogP contribution is 2.22. The Kier molecular flexibility index (Phi) is 4.29. The van der Waals surface area contributed by atoms with Crippen LogP contribution in [0.1, 0.15) is 5.56 Å². The molecule has 2 N–H and O–H groups in total. The molecule has 0 aliphatic rings. The summed E-state index contributed by atoms with van der Waals surface area (Å²) in [4.78, 5) is 11.6. The molecule has 0 fully saturated rings. The predicted molar refractivity (Wildman–Crippen MR) is 72.9 cm³/mol. The van der Waals surface area contributed by atoms with Gasteiger partial charge in [0.25, 0.3) is 0 Å². The van der Waals surface area contributed by atoms with Gasteiger partial charge in [0.2, 0.25) is 0 Å². The minimum absolute atomic E-state index is 0.0124. The van der Waals surface area contributed by atoms with Crippen molar-refractivity contribution >= 4 is 34.9 Å². The lowest BCUT2D eigenvalue weighted by atomic mass is 10.2. The normalized spacial score (nSPS) is 10.4. The topological polar surface area (TPSA) is 70.1 Å². The third-order valence-electron chi connectivity index (χ3n) is 2.33. The van der Waals surface area contributed by atoms with Crippen LogP contribution in [-0.2, 0) is 22.7 Å². The van der Waals surface area contributed by atoms with Crippen molar-refractivity contribution in [2.24, 2.45) is 0 Å². The molecule has 0 amide bonds. The van der Waals surface area contributed by atoms with Crippen LogP contribution in [0.2, 0.25) is 10.0 Å². The minimum atomic E-state index is -0.408. The van der Waals surface area contributed by atoms with E-state index >= 15 is 0 Å². The second-order valence-electron chi connectivity index (χ2n) is 3.88. The highest BCUT2D eigenvalue weighted by molar-refractivity contribution is 6.42. The van der Waals surface area contributed by atoms with Gasteiger partial charge in [-0.1, -0.05) is 29.3 Å². The summed E-state index contributed by atoms with van der Waals surface area (Å²) in [7, 11) is 0. The van der Waals surface area contributed by atoms with Crippen molar-refractivity contribution in [1.82, 2.24) is 9.78 Å². The average Bonchev–Trinajstić information content (AvgIpc) is 2.76. The molecule has 0 aliphatic heterocycles. The first kappa shape index (κ1) is 13.7. The first-order chi connectivity index (χ1) is 9.04. The maximum atomic E-state index is 11.6. The monoisotopic (exact) mass is 299 g/mol. The maximum absolute atomic E-state index is 11.6. The Morgan fingerprint density at radius 3 is 2.79 bits per heavy atom. The molecule has 100 valence electrons. The second kappa shape index (κ2) is 5.95. The van der Waals surface area contributed by atoms with Crippen molar-refractivity contribution in [3.8, 4) is 0 Å². The van der Waals surface area contributed by atoms with Crippen LogP contribution in [0.25, 0.3) is 0 Å². The largest absolute Gasteiger partial charge is 0.459 e. The summed E-state index contributed by atoms with van der Waals surface area (Å²) in [6.07, 6.45) is 3.02. The van der Waals surface area contributed by atoms with Gasteiger partial charge in [-0.2, -0.15) is 5.10 Å². The number of rotatable bonds is 4. The van der Waals surface area contributed by atoms with Crippen LogP contribution in [0.3, 0.4) is 0 Å². The third kappa shape index (κ3) is 3.87. The standard InChI is InChI=1S/C12H11Cl2N3O2/c13-10-2-1-8(3-11(10)14)7-19-12(18)6-17-5-9(15)4-16-17/h1-5H,6-7,15H2. The molecule has 1 heterocycles.